The maximum atomic E-state index is 13.5. The summed E-state index contributed by atoms with van der Waals surface area (Å²) in [5.74, 6) is 3.84. The molecule has 24 nitrogen and oxygen atoms in total. The number of methoxy groups -OCH3 is 1. The van der Waals surface area contributed by atoms with Gasteiger partial charge in [-0.05, 0) is 218 Å². The molecule has 15 aromatic rings. The van der Waals surface area contributed by atoms with E-state index in [1.165, 1.54) is 42.5 Å². The van der Waals surface area contributed by atoms with Gasteiger partial charge in [-0.15, -0.1) is 0 Å². The molecule has 3 aliphatic heterocycles. The Bertz CT molecular complexity index is 5670. The first-order chi connectivity index (χ1) is 57.7. The van der Waals surface area contributed by atoms with E-state index in [2.05, 4.69) is 40.1 Å². The summed E-state index contributed by atoms with van der Waals surface area (Å²) in [6.45, 7) is 7.45. The van der Waals surface area contributed by atoms with E-state index in [-0.39, 0.29) is 23.9 Å². The van der Waals surface area contributed by atoms with Crippen LogP contribution in [-0.2, 0) is 38.9 Å². The van der Waals surface area contributed by atoms with Crippen molar-refractivity contribution in [1.82, 2.24) is 68.7 Å². The predicted molar refractivity (Wildman–Crippen MR) is 447 cm³/mol. The third kappa shape index (κ3) is 18.4. The van der Waals surface area contributed by atoms with E-state index in [4.69, 9.17) is 68.0 Å². The topological polar surface area (TPSA) is 252 Å². The van der Waals surface area contributed by atoms with Gasteiger partial charge in [0.2, 0.25) is 0 Å². The van der Waals surface area contributed by atoms with Crippen molar-refractivity contribution in [2.45, 2.75) is 83.2 Å². The molecule has 3 unspecified atom stereocenters. The van der Waals surface area contributed by atoms with Crippen LogP contribution < -0.4 is 33.2 Å². The van der Waals surface area contributed by atoms with E-state index in [1.807, 2.05) is 169 Å². The summed E-state index contributed by atoms with van der Waals surface area (Å²) in [5, 5.41) is 13.5. The second-order valence-electron chi connectivity index (χ2n) is 28.6. The number of hydrogen-bond donors (Lipinski definition) is 3. The van der Waals surface area contributed by atoms with E-state index in [0.29, 0.717) is 91.0 Å². The highest BCUT2D eigenvalue weighted by Gasteiger charge is 2.39. The van der Waals surface area contributed by atoms with Gasteiger partial charge in [0.25, 0.3) is 0 Å². The molecule has 6 aromatic heterocycles. The van der Waals surface area contributed by atoms with Crippen molar-refractivity contribution in [3.8, 4) is 40.2 Å². The van der Waals surface area contributed by atoms with Crippen molar-refractivity contribution in [3.63, 3.8) is 0 Å². The quantitative estimate of drug-likeness (QED) is 0.0534. The van der Waals surface area contributed by atoms with Crippen molar-refractivity contribution in [3.05, 3.63) is 321 Å². The first kappa shape index (κ1) is 78.8. The molecule has 0 bridgehead atoms. The Morgan fingerprint density at radius 3 is 1.12 bits per heavy atom. The Hall–Kier alpha value is -13.1. The Morgan fingerprint density at radius 2 is 0.771 bits per heavy atom. The number of aromatic amines is 3. The maximum absolute atomic E-state index is 13.5. The van der Waals surface area contributed by atoms with E-state index < -0.39 is 24.0 Å². The van der Waals surface area contributed by atoms with Crippen molar-refractivity contribution >= 4 is 85.8 Å². The highest BCUT2D eigenvalue weighted by molar-refractivity contribution is 6.32. The highest BCUT2D eigenvalue weighted by Crippen LogP contribution is 2.44. The zero-order chi connectivity index (χ0) is 81.0. The molecule has 3 atom stereocenters. The summed E-state index contributed by atoms with van der Waals surface area (Å²) in [6.07, 6.45) is 15.1. The predicted octanol–water partition coefficient (Wildman–Crippen LogP) is 19.1. The molecule has 3 amide bonds. The minimum Gasteiger partial charge on any atom is -0.497 e. The molecule has 0 fully saturated rings. The van der Waals surface area contributed by atoms with Crippen LogP contribution in [-0.4, -0.2) is 134 Å². The first-order valence-corrected chi connectivity index (χ1v) is 39.9. The molecular weight excluding hydrogens is 1560 g/mol. The molecule has 0 spiro atoms. The van der Waals surface area contributed by atoms with Gasteiger partial charge in [0.15, 0.2) is 0 Å². The lowest BCUT2D eigenvalue weighted by Gasteiger charge is -2.35. The van der Waals surface area contributed by atoms with Crippen molar-refractivity contribution in [2.24, 2.45) is 0 Å². The largest absolute Gasteiger partial charge is 0.497 e. The number of carbonyl (C=O) groups is 3. The van der Waals surface area contributed by atoms with Gasteiger partial charge in [0.05, 0.1) is 33.3 Å². The number of amides is 3. The molecule has 0 radical (unpaired) electrons. The number of aryl methyl sites for hydroxylation is 4. The zero-order valence-electron chi connectivity index (χ0n) is 64.4. The number of benzene rings is 9. The van der Waals surface area contributed by atoms with E-state index in [0.717, 1.165) is 139 Å². The van der Waals surface area contributed by atoms with Gasteiger partial charge in [-0.3, -0.25) is 24.1 Å². The van der Waals surface area contributed by atoms with Crippen LogP contribution in [0.5, 0.6) is 40.2 Å². The Kier molecular flexibility index (Phi) is 24.3. The summed E-state index contributed by atoms with van der Waals surface area (Å²) in [5.41, 5.74) is 13.2. The minimum atomic E-state index is -0.506. The molecule has 3 aliphatic rings. The lowest BCUT2D eigenvalue weighted by molar-refractivity contribution is 0.134. The average Bonchev–Trinajstić information content (AvgIpc) is 1.60. The highest BCUT2D eigenvalue weighted by atomic mass is 35.5. The second-order valence-corrected chi connectivity index (χ2v) is 29.9. The lowest BCUT2D eigenvalue weighted by atomic mass is 9.92. The number of imidazole rings is 1. The molecule has 9 aromatic carbocycles. The summed E-state index contributed by atoms with van der Waals surface area (Å²) >= 11 is 19.0. The zero-order valence-corrected chi connectivity index (χ0v) is 66.7. The van der Waals surface area contributed by atoms with E-state index in [1.54, 1.807) is 80.6 Å². The lowest BCUT2D eigenvalue weighted by Crippen LogP contribution is -2.42. The molecule has 28 heteroatoms. The van der Waals surface area contributed by atoms with Gasteiger partial charge >= 0.3 is 18.3 Å². The molecule has 9 heterocycles. The molecule has 3 N–H and O–H groups in total. The van der Waals surface area contributed by atoms with Gasteiger partial charge in [-0.1, -0.05) is 88.9 Å². The number of nitrogens with one attached hydrogen (secondary N) is 3. The number of carbonyl (C=O) groups excluding carboxylic acids is 3. The van der Waals surface area contributed by atoms with Gasteiger partial charge in [0.1, 0.15) is 89.5 Å². The van der Waals surface area contributed by atoms with E-state index >= 15 is 0 Å². The molecule has 0 saturated carbocycles. The normalized spacial score (nSPS) is 14.8. The Labute approximate surface area is 693 Å². The van der Waals surface area contributed by atoms with Crippen LogP contribution in [0, 0.1) is 12.7 Å². The molecular formula is C90H82Cl3FN14O10. The Balaban J connectivity index is 0.000000132. The summed E-state index contributed by atoms with van der Waals surface area (Å²) in [6, 6.07) is 59.8. The smallest absolute Gasteiger partial charge is 0.416 e. The number of ether oxygens (including phenoxy) is 7. The van der Waals surface area contributed by atoms with Crippen LogP contribution in [0.15, 0.2) is 244 Å². The molecule has 118 heavy (non-hydrogen) atoms. The van der Waals surface area contributed by atoms with Crippen LogP contribution in [0.25, 0.3) is 32.7 Å². The monoisotopic (exact) mass is 1640 g/mol. The number of fused-ring (bicyclic) bond motifs is 9. The number of halogens is 4. The van der Waals surface area contributed by atoms with Crippen LogP contribution in [0.3, 0.4) is 0 Å². The summed E-state index contributed by atoms with van der Waals surface area (Å²) in [7, 11) is 1.60. The van der Waals surface area contributed by atoms with Crippen LogP contribution >= 0.6 is 34.8 Å². The standard InChI is InChI=1S/C30H26ClFN4O3.C30H28ClN5O4.C30H28ClN5O3/c31-21-4-11-27-26(18-21)25-12-15-36(30(37)39-24-9-5-22(32)6-10-24)29(28(25)34-27)20-2-7-23(8-3-20)38-17-1-14-35-16-13-33-19-35;1-38-22-8-10-24(11-9-22)40-30(37)36-15-13-25-26-17-21(31)5-12-27(26)34-28(25)29(36)20-3-6-23(7-4-20)39-16-2-14-35-19-32-18-33-35;1-20-3-8-24(9-4-20)39-30(37)36-15-13-25-26-17-22(31)7-12-27(26)34-28(25)29(36)21-5-10-23(11-6-21)38-16-2-14-35-19-32-18-33-35/h2-11,13,16,18-19,29,34H,1,12,14-15,17H2;3-12,17-19,29,34H,2,13-16H2,1H3;3-12,17-19,29,34H,2,13-16H2,1H3. The fourth-order valence-electron chi connectivity index (χ4n) is 15.3. The fraction of sp³-hybridized carbons (Fsp3) is 0.222. The average molecular weight is 1650 g/mol. The number of H-pyrrole nitrogens is 3. The van der Waals surface area contributed by atoms with Gasteiger partial charge in [0, 0.05) is 129 Å². The number of rotatable bonds is 22. The van der Waals surface area contributed by atoms with Crippen molar-refractivity contribution in [1.29, 1.82) is 0 Å². The minimum absolute atomic E-state index is 0.286. The Morgan fingerprint density at radius 1 is 0.424 bits per heavy atom. The van der Waals surface area contributed by atoms with Crippen LogP contribution in [0.2, 0.25) is 15.1 Å². The van der Waals surface area contributed by atoms with Crippen LogP contribution in [0.4, 0.5) is 18.8 Å². The molecule has 0 saturated heterocycles. The van der Waals surface area contributed by atoms with Gasteiger partial charge < -0.3 is 52.7 Å². The number of aromatic nitrogens is 11. The first-order valence-electron chi connectivity index (χ1n) is 38.8. The van der Waals surface area contributed by atoms with Crippen LogP contribution in [0.1, 0.15) is 93.4 Å². The van der Waals surface area contributed by atoms with Crippen molar-refractivity contribution in [2.75, 3.05) is 46.6 Å². The number of hydrogen-bond acceptors (Lipinski definition) is 15. The summed E-state index contributed by atoms with van der Waals surface area (Å²) < 4.78 is 59.3. The maximum Gasteiger partial charge on any atom is 0.416 e. The fourth-order valence-corrected chi connectivity index (χ4v) is 15.8. The van der Waals surface area contributed by atoms with Gasteiger partial charge in [-0.2, -0.15) is 10.2 Å². The van der Waals surface area contributed by atoms with Gasteiger partial charge in [-0.25, -0.2) is 33.7 Å². The second kappa shape index (κ2) is 36.4. The summed E-state index contributed by atoms with van der Waals surface area (Å²) in [4.78, 5) is 68.3. The SMILES string of the molecule is COc1ccc(OC(=O)N2CCc3c([nH]c4ccc(Cl)cc34)C2c2ccc(OCCCn3cncn3)cc2)cc1.Cc1ccc(OC(=O)N2CCc3c([nH]c4ccc(Cl)cc34)C2c2ccc(OCCCn3cncn3)cc2)cc1.O=C(Oc1ccc(F)cc1)N1CCc2c([nH]c3ccc(Cl)cc23)C1c1ccc(OCCCn2ccnc2)cc1. The van der Waals surface area contributed by atoms with Crippen molar-refractivity contribution < 1.29 is 51.9 Å². The molecule has 18 rings (SSSR count). The molecule has 0 aliphatic carbocycles. The van der Waals surface area contributed by atoms with E-state index in [9.17, 15) is 18.8 Å². The molecule has 600 valence electrons. The third-order valence-electron chi connectivity index (χ3n) is 21.0. The number of nitrogens with zero attached hydrogens (tertiary/aromatic N) is 11. The third-order valence-corrected chi connectivity index (χ3v) is 21.7.